The molecule has 0 aliphatic carbocycles. The van der Waals surface area contributed by atoms with Crippen LogP contribution in [-0.2, 0) is 11.3 Å². The number of ether oxygens (including phenoxy) is 1. The summed E-state index contributed by atoms with van der Waals surface area (Å²) >= 11 is 0. The average molecular weight is 366 g/mol. The summed E-state index contributed by atoms with van der Waals surface area (Å²) in [5.74, 6) is -0.834. The first-order chi connectivity index (χ1) is 13.0. The molecule has 0 amide bonds. The third-order valence-corrected chi connectivity index (χ3v) is 4.36. The summed E-state index contributed by atoms with van der Waals surface area (Å²) in [7, 11) is 0. The number of halogens is 1. The summed E-state index contributed by atoms with van der Waals surface area (Å²) in [5.41, 5.74) is 2.33. The Labute approximate surface area is 153 Å². The topological polar surface area (TPSA) is 84.3 Å². The number of hydrogen-bond donors (Lipinski definition) is 2. The maximum Gasteiger partial charge on any atom is 0.349 e. The number of aliphatic hydroxyl groups is 1. The van der Waals surface area contributed by atoms with E-state index in [1.165, 1.54) is 12.1 Å². The normalized spacial score (nSPS) is 14.5. The Morgan fingerprint density at radius 1 is 1.19 bits per heavy atom. The molecule has 1 aliphatic heterocycles. The predicted octanol–water partition coefficient (Wildman–Crippen LogP) is 2.77. The highest BCUT2D eigenvalue weighted by Gasteiger charge is 2.30. The maximum atomic E-state index is 13.3. The van der Waals surface area contributed by atoms with Gasteiger partial charge in [-0.3, -0.25) is 4.79 Å². The van der Waals surface area contributed by atoms with Gasteiger partial charge in [0.25, 0.3) is 5.56 Å². The van der Waals surface area contributed by atoms with Crippen molar-refractivity contribution in [2.75, 3.05) is 0 Å². The number of rotatable bonds is 3. The fourth-order valence-corrected chi connectivity index (χ4v) is 3.17. The maximum absolute atomic E-state index is 13.3. The number of aromatic nitrogens is 2. The molecule has 27 heavy (non-hydrogen) atoms. The van der Waals surface area contributed by atoms with Crippen LogP contribution < -0.4 is 5.56 Å². The molecule has 0 atom stereocenters. The molecule has 1 aromatic carbocycles. The number of benzene rings is 1. The molecule has 6 nitrogen and oxygen atoms in total. The lowest BCUT2D eigenvalue weighted by atomic mass is 10.1. The standard InChI is InChI=1S/C20H15FN2O4/c1-11-8-16-17(27-20(26)18(16)19(25)22-11)9-14-6-7-15(10-24)23(14)13-4-2-12(21)3-5-13/h2-9,24H,10H2,1H3,(H,22,25)/b17-9-. The highest BCUT2D eigenvalue weighted by molar-refractivity contribution is 6.05. The zero-order valence-electron chi connectivity index (χ0n) is 14.3. The largest absolute Gasteiger partial charge is 0.422 e. The van der Waals surface area contributed by atoms with Crippen molar-refractivity contribution in [1.29, 1.82) is 0 Å². The Hall–Kier alpha value is -3.45. The first-order valence-corrected chi connectivity index (χ1v) is 8.23. The summed E-state index contributed by atoms with van der Waals surface area (Å²) in [6, 6.07) is 10.9. The Bertz CT molecular complexity index is 1140. The van der Waals surface area contributed by atoms with E-state index in [1.54, 1.807) is 47.9 Å². The molecule has 4 rings (SSSR count). The van der Waals surface area contributed by atoms with Gasteiger partial charge in [0, 0.05) is 34.4 Å². The van der Waals surface area contributed by atoms with Crippen molar-refractivity contribution in [1.82, 2.24) is 9.55 Å². The van der Waals surface area contributed by atoms with Crippen LogP contribution in [0.4, 0.5) is 4.39 Å². The van der Waals surface area contributed by atoms with Gasteiger partial charge in [0.2, 0.25) is 0 Å². The number of hydrogen-bond acceptors (Lipinski definition) is 4. The van der Waals surface area contributed by atoms with Crippen LogP contribution in [0.2, 0.25) is 0 Å². The third-order valence-electron chi connectivity index (χ3n) is 4.36. The Kier molecular flexibility index (Phi) is 4.01. The van der Waals surface area contributed by atoms with Gasteiger partial charge in [-0.05, 0) is 49.4 Å². The number of cyclic esters (lactones) is 1. The van der Waals surface area contributed by atoms with Gasteiger partial charge in [0.1, 0.15) is 17.1 Å². The zero-order chi connectivity index (χ0) is 19.1. The second kappa shape index (κ2) is 6.37. The molecule has 0 fully saturated rings. The second-order valence-corrected chi connectivity index (χ2v) is 6.19. The van der Waals surface area contributed by atoms with Gasteiger partial charge in [-0.2, -0.15) is 0 Å². The molecule has 3 heterocycles. The van der Waals surface area contributed by atoms with Gasteiger partial charge >= 0.3 is 5.97 Å². The van der Waals surface area contributed by atoms with Crippen LogP contribution in [0.5, 0.6) is 0 Å². The number of H-pyrrole nitrogens is 1. The molecule has 2 aromatic heterocycles. The number of esters is 1. The molecular formula is C20H15FN2O4. The van der Waals surface area contributed by atoms with E-state index in [0.717, 1.165) is 0 Å². The van der Waals surface area contributed by atoms with Crippen LogP contribution in [0.3, 0.4) is 0 Å². The quantitative estimate of drug-likeness (QED) is 0.698. The van der Waals surface area contributed by atoms with Crippen LogP contribution in [0.15, 0.2) is 47.3 Å². The molecule has 0 radical (unpaired) electrons. The lowest BCUT2D eigenvalue weighted by molar-refractivity contribution is 0.0715. The van der Waals surface area contributed by atoms with Crippen molar-refractivity contribution in [2.24, 2.45) is 0 Å². The van der Waals surface area contributed by atoms with Crippen molar-refractivity contribution in [3.63, 3.8) is 0 Å². The number of aryl methyl sites for hydroxylation is 1. The molecule has 2 N–H and O–H groups in total. The fourth-order valence-electron chi connectivity index (χ4n) is 3.17. The van der Waals surface area contributed by atoms with Crippen molar-refractivity contribution >= 4 is 17.8 Å². The second-order valence-electron chi connectivity index (χ2n) is 6.19. The SMILES string of the molecule is Cc1cc2c(c(=O)[nH]1)C(=O)O/C2=C\c1ccc(CO)n1-c1ccc(F)cc1. The monoisotopic (exact) mass is 366 g/mol. The fraction of sp³-hybridized carbons (Fsp3) is 0.100. The first-order valence-electron chi connectivity index (χ1n) is 8.23. The van der Waals surface area contributed by atoms with Gasteiger partial charge in [-0.25, -0.2) is 9.18 Å². The molecular weight excluding hydrogens is 351 g/mol. The van der Waals surface area contributed by atoms with Crippen LogP contribution in [0.25, 0.3) is 17.5 Å². The number of nitrogens with zero attached hydrogens (tertiary/aromatic N) is 1. The summed E-state index contributed by atoms with van der Waals surface area (Å²) in [6.45, 7) is 1.49. The Morgan fingerprint density at radius 3 is 2.63 bits per heavy atom. The molecule has 136 valence electrons. The lowest BCUT2D eigenvalue weighted by Gasteiger charge is -2.11. The minimum atomic E-state index is -0.709. The van der Waals surface area contributed by atoms with Gasteiger partial charge in [-0.15, -0.1) is 0 Å². The van der Waals surface area contributed by atoms with E-state index in [0.29, 0.717) is 28.3 Å². The number of aliphatic hydroxyl groups excluding tert-OH is 1. The number of pyridine rings is 1. The van der Waals surface area contributed by atoms with Crippen molar-refractivity contribution in [2.45, 2.75) is 13.5 Å². The van der Waals surface area contributed by atoms with E-state index in [-0.39, 0.29) is 23.7 Å². The van der Waals surface area contributed by atoms with E-state index < -0.39 is 11.5 Å². The van der Waals surface area contributed by atoms with Crippen molar-refractivity contribution in [3.05, 3.63) is 86.8 Å². The van der Waals surface area contributed by atoms with E-state index in [1.807, 2.05) is 0 Å². The molecule has 1 aliphatic rings. The van der Waals surface area contributed by atoms with E-state index >= 15 is 0 Å². The summed E-state index contributed by atoms with van der Waals surface area (Å²) < 4.78 is 20.3. The molecule has 3 aromatic rings. The molecule has 0 saturated carbocycles. The van der Waals surface area contributed by atoms with Gasteiger partial charge in [0.05, 0.1) is 6.61 Å². The number of carbonyl (C=O) groups is 1. The number of fused-ring (bicyclic) bond motifs is 1. The summed E-state index contributed by atoms with van der Waals surface area (Å²) in [6.07, 6.45) is 1.62. The number of aromatic amines is 1. The van der Waals surface area contributed by atoms with Crippen LogP contribution in [0, 0.1) is 12.7 Å². The first kappa shape index (κ1) is 17.0. The number of nitrogens with one attached hydrogen (secondary N) is 1. The van der Waals surface area contributed by atoms with E-state index in [4.69, 9.17) is 4.74 Å². The van der Waals surface area contributed by atoms with Gasteiger partial charge in [-0.1, -0.05) is 0 Å². The third kappa shape index (κ3) is 2.88. The van der Waals surface area contributed by atoms with Gasteiger partial charge in [0.15, 0.2) is 0 Å². The molecule has 0 spiro atoms. The Balaban J connectivity index is 1.88. The van der Waals surface area contributed by atoms with Crippen LogP contribution in [-0.4, -0.2) is 20.6 Å². The number of carbonyl (C=O) groups excluding carboxylic acids is 1. The highest BCUT2D eigenvalue weighted by atomic mass is 19.1. The van der Waals surface area contributed by atoms with Crippen LogP contribution in [0.1, 0.15) is 33.0 Å². The predicted molar refractivity (Wildman–Crippen MR) is 96.7 cm³/mol. The molecule has 7 heteroatoms. The van der Waals surface area contributed by atoms with E-state index in [2.05, 4.69) is 4.98 Å². The minimum absolute atomic E-state index is 0.0332. The van der Waals surface area contributed by atoms with Crippen LogP contribution >= 0.6 is 0 Å². The molecule has 0 bridgehead atoms. The smallest absolute Gasteiger partial charge is 0.349 e. The van der Waals surface area contributed by atoms with E-state index in [9.17, 15) is 19.1 Å². The van der Waals surface area contributed by atoms with Gasteiger partial charge < -0.3 is 19.4 Å². The Morgan fingerprint density at radius 2 is 1.93 bits per heavy atom. The van der Waals surface area contributed by atoms with Crippen molar-refractivity contribution < 1.29 is 19.0 Å². The average Bonchev–Trinajstić information content (AvgIpc) is 3.17. The summed E-state index contributed by atoms with van der Waals surface area (Å²) in [4.78, 5) is 26.7. The highest BCUT2D eigenvalue weighted by Crippen LogP contribution is 2.31. The summed E-state index contributed by atoms with van der Waals surface area (Å²) in [5, 5.41) is 9.63. The zero-order valence-corrected chi connectivity index (χ0v) is 14.3. The minimum Gasteiger partial charge on any atom is -0.422 e. The lowest BCUT2D eigenvalue weighted by Crippen LogP contribution is -2.16. The van der Waals surface area contributed by atoms with Crippen molar-refractivity contribution in [3.8, 4) is 5.69 Å². The molecule has 0 unspecified atom stereocenters. The molecule has 0 saturated heterocycles.